The number of hydrogen-bond donors (Lipinski definition) is 1. The Balaban J connectivity index is 1.60. The van der Waals surface area contributed by atoms with Gasteiger partial charge in [0.05, 0.1) is 5.56 Å². The maximum absolute atomic E-state index is 12.5. The third kappa shape index (κ3) is 5.29. The van der Waals surface area contributed by atoms with Crippen LogP contribution in [0.25, 0.3) is 0 Å². The fourth-order valence-electron chi connectivity index (χ4n) is 3.44. The van der Waals surface area contributed by atoms with E-state index in [4.69, 9.17) is 0 Å². The van der Waals surface area contributed by atoms with Crippen molar-refractivity contribution in [3.63, 3.8) is 0 Å². The number of nitrogens with one attached hydrogen (secondary N) is 1. The van der Waals surface area contributed by atoms with Gasteiger partial charge in [-0.05, 0) is 42.7 Å². The number of aryl methyl sites for hydroxylation is 1. The first-order valence-electron chi connectivity index (χ1n) is 9.41. The Morgan fingerprint density at radius 2 is 2.22 bits per heavy atom. The largest absolute Gasteiger partial charge is 0.317 e. The van der Waals surface area contributed by atoms with E-state index >= 15 is 0 Å². The van der Waals surface area contributed by atoms with E-state index in [0.29, 0.717) is 18.5 Å². The highest BCUT2D eigenvalue weighted by Crippen LogP contribution is 2.37. The smallest absolute Gasteiger partial charge is 0.226 e. The zero-order chi connectivity index (χ0) is 19.1. The molecule has 0 fully saturated rings. The van der Waals surface area contributed by atoms with Crippen LogP contribution in [0.3, 0.4) is 0 Å². The normalized spacial score (nSPS) is 13.6. The quantitative estimate of drug-likeness (QED) is 0.504. The number of nitriles is 1. The van der Waals surface area contributed by atoms with Crippen molar-refractivity contribution in [2.24, 2.45) is 0 Å². The van der Waals surface area contributed by atoms with Gasteiger partial charge in [-0.25, -0.2) is 0 Å². The molecule has 27 heavy (non-hydrogen) atoms. The van der Waals surface area contributed by atoms with Gasteiger partial charge in [0.15, 0.2) is 0 Å². The Morgan fingerprint density at radius 3 is 2.96 bits per heavy atom. The number of thiophene rings is 2. The molecule has 3 rings (SSSR count). The van der Waals surface area contributed by atoms with Crippen LogP contribution in [-0.4, -0.2) is 23.9 Å². The molecular formula is C21H25N3OS2. The molecule has 0 bridgehead atoms. The Hall–Kier alpha value is -1.94. The summed E-state index contributed by atoms with van der Waals surface area (Å²) in [5.74, 6) is -0.0249. The SMILES string of the molecule is C=CCN(CCC(=O)Nc1sc2c(c1C#N)CCCCC2)Cc1cccs1. The number of rotatable bonds is 8. The topological polar surface area (TPSA) is 56.1 Å². The molecule has 2 heterocycles. The summed E-state index contributed by atoms with van der Waals surface area (Å²) >= 11 is 3.32. The lowest BCUT2D eigenvalue weighted by atomic mass is 10.1. The second-order valence-electron chi connectivity index (χ2n) is 6.78. The molecule has 6 heteroatoms. The minimum Gasteiger partial charge on any atom is -0.317 e. The third-order valence-corrected chi connectivity index (χ3v) is 6.86. The summed E-state index contributed by atoms with van der Waals surface area (Å²) in [6.07, 6.45) is 7.78. The average Bonchev–Trinajstić information content (AvgIpc) is 3.21. The van der Waals surface area contributed by atoms with E-state index in [-0.39, 0.29) is 5.91 Å². The highest BCUT2D eigenvalue weighted by molar-refractivity contribution is 7.16. The van der Waals surface area contributed by atoms with Crippen LogP contribution in [0.15, 0.2) is 30.2 Å². The first-order chi connectivity index (χ1) is 13.2. The highest BCUT2D eigenvalue weighted by Gasteiger charge is 2.21. The van der Waals surface area contributed by atoms with Crippen molar-refractivity contribution in [2.45, 2.75) is 45.1 Å². The minimum absolute atomic E-state index is 0.0249. The van der Waals surface area contributed by atoms with Crippen molar-refractivity contribution < 1.29 is 4.79 Å². The van der Waals surface area contributed by atoms with E-state index < -0.39 is 0 Å². The summed E-state index contributed by atoms with van der Waals surface area (Å²) in [4.78, 5) is 17.3. The molecule has 1 amide bonds. The molecule has 4 nitrogen and oxygen atoms in total. The number of hydrogen-bond acceptors (Lipinski definition) is 5. The van der Waals surface area contributed by atoms with Crippen LogP contribution >= 0.6 is 22.7 Å². The Kier molecular flexibility index (Phi) is 7.22. The van der Waals surface area contributed by atoms with Crippen LogP contribution in [0.1, 0.15) is 46.6 Å². The van der Waals surface area contributed by atoms with Gasteiger partial charge in [0, 0.05) is 35.8 Å². The lowest BCUT2D eigenvalue weighted by molar-refractivity contribution is -0.116. The van der Waals surface area contributed by atoms with E-state index in [1.807, 2.05) is 12.1 Å². The molecule has 2 aromatic heterocycles. The van der Waals surface area contributed by atoms with Crippen molar-refractivity contribution in [2.75, 3.05) is 18.4 Å². The molecule has 0 radical (unpaired) electrons. The van der Waals surface area contributed by atoms with Crippen LogP contribution in [0.5, 0.6) is 0 Å². The van der Waals surface area contributed by atoms with E-state index in [1.165, 1.54) is 28.2 Å². The molecule has 0 spiro atoms. The van der Waals surface area contributed by atoms with E-state index in [2.05, 4.69) is 34.3 Å². The van der Waals surface area contributed by atoms with Gasteiger partial charge in [0.1, 0.15) is 11.1 Å². The van der Waals surface area contributed by atoms with Gasteiger partial charge in [-0.2, -0.15) is 5.26 Å². The van der Waals surface area contributed by atoms with Crippen LogP contribution < -0.4 is 5.32 Å². The molecule has 0 unspecified atom stereocenters. The number of carbonyl (C=O) groups is 1. The second-order valence-corrected chi connectivity index (χ2v) is 8.92. The summed E-state index contributed by atoms with van der Waals surface area (Å²) in [5, 5.41) is 15.4. The molecule has 0 aromatic carbocycles. The fraction of sp³-hybridized carbons (Fsp3) is 0.429. The number of nitrogens with zero attached hydrogens (tertiary/aromatic N) is 2. The van der Waals surface area contributed by atoms with Crippen LogP contribution in [0, 0.1) is 11.3 Å². The average molecular weight is 400 g/mol. The van der Waals surface area contributed by atoms with Gasteiger partial charge in [-0.1, -0.05) is 18.6 Å². The first kappa shape index (κ1) is 19.8. The van der Waals surface area contributed by atoms with Gasteiger partial charge in [0.25, 0.3) is 0 Å². The first-order valence-corrected chi connectivity index (χ1v) is 11.1. The number of carbonyl (C=O) groups excluding carboxylic acids is 1. The molecule has 2 aromatic rings. The van der Waals surface area contributed by atoms with Crippen LogP contribution in [0.2, 0.25) is 0 Å². The Morgan fingerprint density at radius 1 is 1.37 bits per heavy atom. The predicted molar refractivity (Wildman–Crippen MR) is 113 cm³/mol. The predicted octanol–water partition coefficient (Wildman–Crippen LogP) is 4.97. The maximum atomic E-state index is 12.5. The lowest BCUT2D eigenvalue weighted by Crippen LogP contribution is -2.27. The monoisotopic (exact) mass is 399 g/mol. The maximum Gasteiger partial charge on any atom is 0.226 e. The van der Waals surface area contributed by atoms with E-state index in [0.717, 1.165) is 37.4 Å². The number of amides is 1. The van der Waals surface area contributed by atoms with Crippen molar-refractivity contribution in [1.82, 2.24) is 4.90 Å². The van der Waals surface area contributed by atoms with Crippen LogP contribution in [-0.2, 0) is 24.2 Å². The zero-order valence-corrected chi connectivity index (χ0v) is 17.1. The van der Waals surface area contributed by atoms with Gasteiger partial charge < -0.3 is 5.32 Å². The molecule has 1 N–H and O–H groups in total. The summed E-state index contributed by atoms with van der Waals surface area (Å²) in [5.41, 5.74) is 1.85. The van der Waals surface area contributed by atoms with Crippen molar-refractivity contribution in [3.05, 3.63) is 51.0 Å². The molecule has 0 saturated heterocycles. The van der Waals surface area contributed by atoms with Crippen molar-refractivity contribution in [1.29, 1.82) is 5.26 Å². The van der Waals surface area contributed by atoms with Gasteiger partial charge in [-0.3, -0.25) is 9.69 Å². The lowest BCUT2D eigenvalue weighted by Gasteiger charge is -2.19. The van der Waals surface area contributed by atoms with Gasteiger partial charge in [0.2, 0.25) is 5.91 Å². The molecule has 0 atom stereocenters. The van der Waals surface area contributed by atoms with Gasteiger partial charge in [-0.15, -0.1) is 29.3 Å². The van der Waals surface area contributed by atoms with E-state index in [9.17, 15) is 10.1 Å². The van der Waals surface area contributed by atoms with Crippen LogP contribution in [0.4, 0.5) is 5.00 Å². The minimum atomic E-state index is -0.0249. The Labute approximate surface area is 169 Å². The fourth-order valence-corrected chi connectivity index (χ4v) is 5.44. The number of anilines is 1. The molecule has 1 aliphatic carbocycles. The van der Waals surface area contributed by atoms with Gasteiger partial charge >= 0.3 is 0 Å². The molecular weight excluding hydrogens is 374 g/mol. The zero-order valence-electron chi connectivity index (χ0n) is 15.5. The second kappa shape index (κ2) is 9.84. The summed E-state index contributed by atoms with van der Waals surface area (Å²) in [6.45, 7) is 6.07. The summed E-state index contributed by atoms with van der Waals surface area (Å²) in [6, 6.07) is 6.48. The Bertz CT molecular complexity index is 817. The molecule has 0 saturated carbocycles. The number of fused-ring (bicyclic) bond motifs is 1. The van der Waals surface area contributed by atoms with Crippen molar-refractivity contribution in [3.8, 4) is 6.07 Å². The molecule has 1 aliphatic rings. The molecule has 142 valence electrons. The molecule has 0 aliphatic heterocycles. The van der Waals surface area contributed by atoms with E-state index in [1.54, 1.807) is 22.7 Å². The standard InChI is InChI=1S/C21H25N3OS2/c1-2-11-24(15-16-7-6-13-26-16)12-10-20(25)23-21-18(14-22)17-8-4-3-5-9-19(17)27-21/h2,6-7,13H,1,3-5,8-12,15H2,(H,23,25). The van der Waals surface area contributed by atoms with Crippen molar-refractivity contribution >= 4 is 33.6 Å². The summed E-state index contributed by atoms with van der Waals surface area (Å²) in [7, 11) is 0. The summed E-state index contributed by atoms with van der Waals surface area (Å²) < 4.78 is 0. The highest BCUT2D eigenvalue weighted by atomic mass is 32.1. The third-order valence-electron chi connectivity index (χ3n) is 4.79.